The lowest BCUT2D eigenvalue weighted by Crippen LogP contribution is -2.43. The Labute approximate surface area is 171 Å². The van der Waals surface area contributed by atoms with Gasteiger partial charge in [-0.15, -0.1) is 0 Å². The van der Waals surface area contributed by atoms with Crippen LogP contribution < -0.4 is 0 Å². The first-order valence-electron chi connectivity index (χ1n) is 11.8. The number of hydrogen-bond donors (Lipinski definition) is 0. The van der Waals surface area contributed by atoms with Crippen LogP contribution >= 0.6 is 0 Å². The fourth-order valence-corrected chi connectivity index (χ4v) is 6.67. The summed E-state index contributed by atoms with van der Waals surface area (Å²) < 4.78 is 18.3. The Morgan fingerprint density at radius 3 is 2.50 bits per heavy atom. The van der Waals surface area contributed by atoms with Gasteiger partial charge < -0.3 is 14.2 Å². The number of hydrogen-bond acceptors (Lipinski definition) is 4. The van der Waals surface area contributed by atoms with E-state index >= 15 is 0 Å². The molecule has 4 saturated carbocycles. The molecule has 0 aromatic heterocycles. The average molecular weight is 393 g/mol. The van der Waals surface area contributed by atoms with E-state index in [1.807, 2.05) is 6.92 Å². The molecule has 0 spiro atoms. The summed E-state index contributed by atoms with van der Waals surface area (Å²) in [4.78, 5) is 12.5. The zero-order valence-corrected chi connectivity index (χ0v) is 18.4. The largest absolute Gasteiger partial charge is 0.465 e. The van der Waals surface area contributed by atoms with E-state index in [9.17, 15) is 4.79 Å². The van der Waals surface area contributed by atoms with Gasteiger partial charge in [0.2, 0.25) is 0 Å². The summed E-state index contributed by atoms with van der Waals surface area (Å²) in [6.45, 7) is 9.35. The van der Waals surface area contributed by atoms with Crippen LogP contribution in [0.15, 0.2) is 0 Å². The van der Waals surface area contributed by atoms with E-state index in [0.717, 1.165) is 30.6 Å². The van der Waals surface area contributed by atoms with Crippen molar-refractivity contribution in [1.82, 2.24) is 0 Å². The van der Waals surface area contributed by atoms with Crippen molar-refractivity contribution in [3.05, 3.63) is 0 Å². The van der Waals surface area contributed by atoms with Gasteiger partial charge in [0.1, 0.15) is 0 Å². The molecule has 28 heavy (non-hydrogen) atoms. The molecular formula is C24H40O4. The van der Waals surface area contributed by atoms with Crippen molar-refractivity contribution in [3.63, 3.8) is 0 Å². The van der Waals surface area contributed by atoms with Crippen LogP contribution in [0.4, 0.5) is 0 Å². The first-order chi connectivity index (χ1) is 13.3. The maximum absolute atomic E-state index is 12.5. The van der Waals surface area contributed by atoms with Gasteiger partial charge in [-0.1, -0.05) is 20.8 Å². The van der Waals surface area contributed by atoms with Gasteiger partial charge in [-0.05, 0) is 82.0 Å². The molecule has 5 aliphatic rings. The van der Waals surface area contributed by atoms with Crippen LogP contribution in [0.1, 0.15) is 85.5 Å². The molecule has 5 atom stereocenters. The number of ether oxygens (including phenoxy) is 3. The van der Waals surface area contributed by atoms with Crippen LogP contribution in [-0.2, 0) is 19.0 Å². The molecule has 4 aliphatic carbocycles. The van der Waals surface area contributed by atoms with Crippen LogP contribution in [0.5, 0.6) is 0 Å². The quantitative estimate of drug-likeness (QED) is 0.549. The smallest absolute Gasteiger partial charge is 0.312 e. The molecular weight excluding hydrogens is 352 g/mol. The molecule has 5 rings (SSSR count). The van der Waals surface area contributed by atoms with E-state index in [1.165, 1.54) is 44.9 Å². The van der Waals surface area contributed by atoms with Gasteiger partial charge >= 0.3 is 5.97 Å². The Bertz CT molecular complexity index is 559. The summed E-state index contributed by atoms with van der Waals surface area (Å²) >= 11 is 0. The first kappa shape index (κ1) is 20.7. The average Bonchev–Trinajstić information content (AvgIpc) is 3.05. The highest BCUT2D eigenvalue weighted by molar-refractivity contribution is 5.76. The van der Waals surface area contributed by atoms with Crippen molar-refractivity contribution in [2.75, 3.05) is 13.2 Å². The minimum atomic E-state index is -0.396. The van der Waals surface area contributed by atoms with Crippen LogP contribution in [0.3, 0.4) is 0 Å². The van der Waals surface area contributed by atoms with Crippen molar-refractivity contribution < 1.29 is 19.0 Å². The van der Waals surface area contributed by atoms with E-state index in [0.29, 0.717) is 13.2 Å². The molecule has 4 bridgehead atoms. The lowest BCUT2D eigenvalue weighted by Gasteiger charge is -2.47. The van der Waals surface area contributed by atoms with Crippen molar-refractivity contribution in [2.45, 2.75) is 97.9 Å². The van der Waals surface area contributed by atoms with Gasteiger partial charge in [0, 0.05) is 11.8 Å². The summed E-state index contributed by atoms with van der Waals surface area (Å²) in [7, 11) is 0. The van der Waals surface area contributed by atoms with Crippen LogP contribution in [0.2, 0.25) is 0 Å². The van der Waals surface area contributed by atoms with Gasteiger partial charge in [0.05, 0.1) is 24.7 Å². The van der Waals surface area contributed by atoms with Crippen molar-refractivity contribution in [3.8, 4) is 0 Å². The molecule has 4 heteroatoms. The predicted octanol–water partition coefficient (Wildman–Crippen LogP) is 5.34. The Morgan fingerprint density at radius 1 is 1.18 bits per heavy atom. The summed E-state index contributed by atoms with van der Waals surface area (Å²) in [5.41, 5.74) is -0.143. The molecule has 4 nitrogen and oxygen atoms in total. The van der Waals surface area contributed by atoms with Crippen LogP contribution in [0.25, 0.3) is 0 Å². The summed E-state index contributed by atoms with van der Waals surface area (Å²) in [5, 5.41) is 0. The molecule has 0 aromatic rings. The SMILES string of the molecule is CCC(C)(C(=O)OCCC1COC(C23CCC4CC(CC(C4)C2)C3)O1)C(C)C. The summed E-state index contributed by atoms with van der Waals surface area (Å²) in [6.07, 6.45) is 11.1. The van der Waals surface area contributed by atoms with Gasteiger partial charge in [-0.2, -0.15) is 0 Å². The fraction of sp³-hybridized carbons (Fsp3) is 0.958. The highest BCUT2D eigenvalue weighted by Gasteiger charge is 2.54. The van der Waals surface area contributed by atoms with Crippen LogP contribution in [0, 0.1) is 34.5 Å². The van der Waals surface area contributed by atoms with Gasteiger partial charge in [-0.25, -0.2) is 0 Å². The summed E-state index contributed by atoms with van der Waals surface area (Å²) in [6, 6.07) is 0. The van der Waals surface area contributed by atoms with Crippen LogP contribution in [-0.4, -0.2) is 31.6 Å². The predicted molar refractivity (Wildman–Crippen MR) is 109 cm³/mol. The Balaban J connectivity index is 1.29. The third-order valence-corrected chi connectivity index (χ3v) is 8.84. The molecule has 0 radical (unpaired) electrons. The molecule has 0 amide bonds. The second kappa shape index (κ2) is 7.91. The lowest BCUT2D eigenvalue weighted by molar-refractivity contribution is -0.172. The molecule has 5 fully saturated rings. The Morgan fingerprint density at radius 2 is 1.86 bits per heavy atom. The second-order valence-corrected chi connectivity index (χ2v) is 10.9. The third-order valence-electron chi connectivity index (χ3n) is 8.84. The van der Waals surface area contributed by atoms with Gasteiger partial charge in [0.15, 0.2) is 6.29 Å². The van der Waals surface area contributed by atoms with E-state index in [2.05, 4.69) is 20.8 Å². The highest BCUT2D eigenvalue weighted by Crippen LogP contribution is 2.59. The van der Waals surface area contributed by atoms with E-state index < -0.39 is 5.41 Å². The molecule has 1 aliphatic heterocycles. The number of esters is 1. The first-order valence-corrected chi connectivity index (χ1v) is 11.8. The Kier molecular flexibility index (Phi) is 5.83. The maximum atomic E-state index is 12.5. The van der Waals surface area contributed by atoms with E-state index in [4.69, 9.17) is 14.2 Å². The van der Waals surface area contributed by atoms with Gasteiger partial charge in [0.25, 0.3) is 0 Å². The van der Waals surface area contributed by atoms with Crippen molar-refractivity contribution in [1.29, 1.82) is 0 Å². The lowest BCUT2D eigenvalue weighted by atomic mass is 9.61. The van der Waals surface area contributed by atoms with Crippen molar-refractivity contribution >= 4 is 5.97 Å². The minimum absolute atomic E-state index is 0.0353. The Hall–Kier alpha value is -0.610. The zero-order valence-electron chi connectivity index (χ0n) is 18.4. The van der Waals surface area contributed by atoms with E-state index in [1.54, 1.807) is 0 Å². The normalized spacial score (nSPS) is 41.8. The third kappa shape index (κ3) is 3.76. The molecule has 0 aromatic carbocycles. The number of carbonyl (C=O) groups is 1. The minimum Gasteiger partial charge on any atom is -0.465 e. The molecule has 0 N–H and O–H groups in total. The zero-order chi connectivity index (χ0) is 19.9. The second-order valence-electron chi connectivity index (χ2n) is 10.9. The number of carbonyl (C=O) groups excluding carboxylic acids is 1. The maximum Gasteiger partial charge on any atom is 0.312 e. The van der Waals surface area contributed by atoms with Gasteiger partial charge in [-0.3, -0.25) is 4.79 Å². The molecule has 1 saturated heterocycles. The van der Waals surface area contributed by atoms with E-state index in [-0.39, 0.29) is 29.7 Å². The standard InChI is InChI=1S/C24H40O4/c1-5-23(4,16(2)3)21(25)26-9-7-20-15-27-22(28-20)24-8-6-17-10-18(13-24)12-19(11-17)14-24/h16-20,22H,5-15H2,1-4H3. The summed E-state index contributed by atoms with van der Waals surface area (Å²) in [5.74, 6) is 2.96. The number of fused-ring (bicyclic) bond motifs is 1. The fourth-order valence-electron chi connectivity index (χ4n) is 6.67. The van der Waals surface area contributed by atoms with Crippen molar-refractivity contribution in [2.24, 2.45) is 34.5 Å². The molecule has 5 unspecified atom stereocenters. The molecule has 160 valence electrons. The molecule has 1 heterocycles. The monoisotopic (exact) mass is 392 g/mol. The highest BCUT2D eigenvalue weighted by atomic mass is 16.7. The number of rotatable bonds is 7. The topological polar surface area (TPSA) is 44.8 Å².